The van der Waals surface area contributed by atoms with Gasteiger partial charge in [-0.05, 0) is 69.2 Å². The number of carbonyl (C=O) groups excluding carboxylic acids is 1. The van der Waals surface area contributed by atoms with Crippen molar-refractivity contribution in [2.45, 2.75) is 40.4 Å². The first-order valence-corrected chi connectivity index (χ1v) is 10.3. The lowest BCUT2D eigenvalue weighted by Gasteiger charge is -2.15. The molecule has 0 spiro atoms. The zero-order valence-corrected chi connectivity index (χ0v) is 18.8. The molecule has 3 rings (SSSR count). The van der Waals surface area contributed by atoms with Crippen LogP contribution in [0.15, 0.2) is 66.1 Å². The summed E-state index contributed by atoms with van der Waals surface area (Å²) in [6.07, 6.45) is 2.67. The number of rotatable bonds is 8. The third-order valence-corrected chi connectivity index (χ3v) is 4.88. The molecule has 7 nitrogen and oxygen atoms in total. The Kier molecular flexibility index (Phi) is 7.44. The monoisotopic (exact) mass is 432 g/mol. The molecule has 2 aromatic carbocycles. The normalized spacial score (nSPS) is 12.2. The number of nitrogens with zero attached hydrogens (tertiary/aromatic N) is 2. The Labute approximate surface area is 188 Å². The molecule has 0 saturated carbocycles. The van der Waals surface area contributed by atoms with Gasteiger partial charge in [0.25, 0.3) is 5.91 Å². The fraction of sp³-hybridized carbons (Fsp3) is 0.240. The van der Waals surface area contributed by atoms with E-state index in [9.17, 15) is 4.79 Å². The molecule has 0 bridgehead atoms. The molecule has 1 atom stereocenters. The Morgan fingerprint density at radius 3 is 2.44 bits per heavy atom. The SMILES string of the molecule is Cc1cc(C)c(NC(=O)C(C)O/N=C(/N)c2ccc(OCc3cccnc3)cc2)c(C)c1. The van der Waals surface area contributed by atoms with Crippen LogP contribution in [0.25, 0.3) is 0 Å². The minimum atomic E-state index is -0.809. The summed E-state index contributed by atoms with van der Waals surface area (Å²) in [5.41, 5.74) is 11.6. The lowest BCUT2D eigenvalue weighted by atomic mass is 10.0. The number of anilines is 1. The summed E-state index contributed by atoms with van der Waals surface area (Å²) in [7, 11) is 0. The van der Waals surface area contributed by atoms with Gasteiger partial charge >= 0.3 is 0 Å². The number of hydrogen-bond donors (Lipinski definition) is 2. The van der Waals surface area contributed by atoms with Crippen LogP contribution in [0.2, 0.25) is 0 Å². The summed E-state index contributed by atoms with van der Waals surface area (Å²) < 4.78 is 5.73. The smallest absolute Gasteiger partial charge is 0.268 e. The summed E-state index contributed by atoms with van der Waals surface area (Å²) in [4.78, 5) is 21.9. The van der Waals surface area contributed by atoms with Crippen molar-refractivity contribution in [2.75, 3.05) is 5.32 Å². The molecular formula is C25H28N4O3. The zero-order valence-electron chi connectivity index (χ0n) is 18.8. The van der Waals surface area contributed by atoms with E-state index in [4.69, 9.17) is 15.3 Å². The van der Waals surface area contributed by atoms with Crippen LogP contribution in [0, 0.1) is 20.8 Å². The Hall–Kier alpha value is -3.87. The zero-order chi connectivity index (χ0) is 23.1. The van der Waals surface area contributed by atoms with E-state index in [1.165, 1.54) is 0 Å². The van der Waals surface area contributed by atoms with Gasteiger partial charge in [0.15, 0.2) is 5.84 Å². The fourth-order valence-corrected chi connectivity index (χ4v) is 3.21. The van der Waals surface area contributed by atoms with Gasteiger partial charge in [-0.1, -0.05) is 28.9 Å². The second-order valence-corrected chi connectivity index (χ2v) is 7.66. The third-order valence-electron chi connectivity index (χ3n) is 4.88. The van der Waals surface area contributed by atoms with Crippen LogP contribution in [-0.4, -0.2) is 22.8 Å². The minimum Gasteiger partial charge on any atom is -0.489 e. The summed E-state index contributed by atoms with van der Waals surface area (Å²) in [6.45, 7) is 7.99. The molecule has 0 radical (unpaired) electrons. The molecule has 3 N–H and O–H groups in total. The molecule has 166 valence electrons. The maximum absolute atomic E-state index is 12.5. The standard InChI is InChI=1S/C25H28N4O3/c1-16-12-17(2)23(18(3)13-16)28-25(30)19(4)32-29-24(26)21-7-9-22(10-8-21)31-15-20-6-5-11-27-14-20/h5-14,19H,15H2,1-4H3,(H2,26,29)(H,28,30). The maximum Gasteiger partial charge on any atom is 0.268 e. The number of amides is 1. The molecule has 0 aliphatic carbocycles. The van der Waals surface area contributed by atoms with E-state index in [-0.39, 0.29) is 11.7 Å². The average Bonchev–Trinajstić information content (AvgIpc) is 2.79. The predicted molar refractivity (Wildman–Crippen MR) is 126 cm³/mol. The molecule has 0 aliphatic rings. The Morgan fingerprint density at radius 1 is 1.12 bits per heavy atom. The Morgan fingerprint density at radius 2 is 1.81 bits per heavy atom. The fourth-order valence-electron chi connectivity index (χ4n) is 3.21. The van der Waals surface area contributed by atoms with E-state index >= 15 is 0 Å². The average molecular weight is 433 g/mol. The van der Waals surface area contributed by atoms with Gasteiger partial charge < -0.3 is 20.6 Å². The highest BCUT2D eigenvalue weighted by Gasteiger charge is 2.17. The first-order valence-electron chi connectivity index (χ1n) is 10.3. The lowest BCUT2D eigenvalue weighted by Crippen LogP contribution is -2.28. The molecule has 1 heterocycles. The van der Waals surface area contributed by atoms with E-state index in [0.29, 0.717) is 17.9 Å². The number of nitrogens with two attached hydrogens (primary N) is 1. The van der Waals surface area contributed by atoms with Gasteiger partial charge in [0, 0.05) is 29.2 Å². The van der Waals surface area contributed by atoms with Crippen molar-refractivity contribution in [3.8, 4) is 5.75 Å². The number of oxime groups is 1. The van der Waals surface area contributed by atoms with E-state index in [1.807, 2.05) is 45.0 Å². The largest absolute Gasteiger partial charge is 0.489 e. The van der Waals surface area contributed by atoms with Gasteiger partial charge in [-0.2, -0.15) is 0 Å². The number of ether oxygens (including phenoxy) is 1. The molecule has 0 fully saturated rings. The van der Waals surface area contributed by atoms with Crippen molar-refractivity contribution >= 4 is 17.4 Å². The topological polar surface area (TPSA) is 98.8 Å². The number of hydrogen-bond acceptors (Lipinski definition) is 5. The summed E-state index contributed by atoms with van der Waals surface area (Å²) >= 11 is 0. The minimum absolute atomic E-state index is 0.172. The van der Waals surface area contributed by atoms with Crippen LogP contribution in [0.3, 0.4) is 0 Å². The van der Waals surface area contributed by atoms with Crippen LogP contribution in [0.4, 0.5) is 5.69 Å². The van der Waals surface area contributed by atoms with Gasteiger partial charge in [-0.25, -0.2) is 0 Å². The highest BCUT2D eigenvalue weighted by atomic mass is 16.6. The molecule has 7 heteroatoms. The number of nitrogens with one attached hydrogen (secondary N) is 1. The Bertz CT molecular complexity index is 1070. The summed E-state index contributed by atoms with van der Waals surface area (Å²) in [5.74, 6) is 0.574. The summed E-state index contributed by atoms with van der Waals surface area (Å²) in [5, 5.41) is 6.83. The van der Waals surface area contributed by atoms with Crippen molar-refractivity contribution in [2.24, 2.45) is 10.9 Å². The molecule has 0 saturated heterocycles. The number of benzene rings is 2. The summed E-state index contributed by atoms with van der Waals surface area (Å²) in [6, 6.07) is 15.0. The highest BCUT2D eigenvalue weighted by Crippen LogP contribution is 2.22. The quantitative estimate of drug-likeness (QED) is 0.315. The van der Waals surface area contributed by atoms with Crippen LogP contribution in [0.1, 0.15) is 34.7 Å². The van der Waals surface area contributed by atoms with Gasteiger partial charge in [0.05, 0.1) is 0 Å². The number of pyridine rings is 1. The van der Waals surface area contributed by atoms with Crippen LogP contribution in [-0.2, 0) is 16.2 Å². The van der Waals surface area contributed by atoms with Crippen molar-refractivity contribution in [3.05, 3.63) is 88.7 Å². The molecule has 1 amide bonds. The van der Waals surface area contributed by atoms with Crippen LogP contribution < -0.4 is 15.8 Å². The molecule has 1 aromatic heterocycles. The van der Waals surface area contributed by atoms with Crippen molar-refractivity contribution < 1.29 is 14.4 Å². The van der Waals surface area contributed by atoms with Gasteiger partial charge in [-0.3, -0.25) is 9.78 Å². The third kappa shape index (κ3) is 6.07. The highest BCUT2D eigenvalue weighted by molar-refractivity contribution is 5.98. The van der Waals surface area contributed by atoms with Gasteiger partial charge in [0.2, 0.25) is 6.10 Å². The molecule has 3 aromatic rings. The second-order valence-electron chi connectivity index (χ2n) is 7.66. The Balaban J connectivity index is 1.55. The lowest BCUT2D eigenvalue weighted by molar-refractivity contribution is -0.126. The van der Waals surface area contributed by atoms with Gasteiger partial charge in [0.1, 0.15) is 12.4 Å². The van der Waals surface area contributed by atoms with Crippen molar-refractivity contribution in [1.29, 1.82) is 0 Å². The van der Waals surface area contributed by atoms with E-state index < -0.39 is 6.10 Å². The predicted octanol–water partition coefficient (Wildman–Crippen LogP) is 4.25. The van der Waals surface area contributed by atoms with Crippen molar-refractivity contribution in [1.82, 2.24) is 4.98 Å². The van der Waals surface area contributed by atoms with E-state index in [1.54, 1.807) is 43.6 Å². The number of aromatic nitrogens is 1. The van der Waals surface area contributed by atoms with Crippen LogP contribution in [0.5, 0.6) is 5.75 Å². The number of aryl methyl sites for hydroxylation is 3. The molecule has 0 aliphatic heterocycles. The molecule has 32 heavy (non-hydrogen) atoms. The molecular weight excluding hydrogens is 404 g/mol. The first-order chi connectivity index (χ1) is 15.3. The maximum atomic E-state index is 12.5. The number of carbonyl (C=O) groups is 1. The first kappa shape index (κ1) is 22.8. The van der Waals surface area contributed by atoms with Crippen LogP contribution >= 0.6 is 0 Å². The van der Waals surface area contributed by atoms with Crippen molar-refractivity contribution in [3.63, 3.8) is 0 Å². The second kappa shape index (κ2) is 10.4. The van der Waals surface area contributed by atoms with Gasteiger partial charge in [-0.15, -0.1) is 0 Å². The number of amidine groups is 1. The van der Waals surface area contributed by atoms with E-state index in [0.717, 1.165) is 27.9 Å². The molecule has 1 unspecified atom stereocenters. The van der Waals surface area contributed by atoms with E-state index in [2.05, 4.69) is 15.5 Å².